The molecule has 0 rings (SSSR count). The first-order chi connectivity index (χ1) is 7.41. The maximum absolute atomic E-state index is 5.31. The molecule has 0 aliphatic heterocycles. The summed E-state index contributed by atoms with van der Waals surface area (Å²) in [5, 5.41) is 6.55. The van der Waals surface area contributed by atoms with Crippen LogP contribution in [-0.2, 0) is 0 Å². The fourth-order valence-corrected chi connectivity index (χ4v) is 1.52. The molecule has 1 radical (unpaired) electrons. The predicted octanol–water partition coefficient (Wildman–Crippen LogP) is 1.65. The molecule has 0 fully saturated rings. The number of hydrogen-bond donors (Lipinski definition) is 3. The molecular weight excluding hydrogens is 186 g/mol. The van der Waals surface area contributed by atoms with Gasteiger partial charge in [0.25, 0.3) is 0 Å². The zero-order chi connectivity index (χ0) is 11.2. The average molecular weight is 214 g/mol. The van der Waals surface area contributed by atoms with Crippen LogP contribution < -0.4 is 16.4 Å². The minimum atomic E-state index is 0.590. The Kier molecular flexibility index (Phi) is 13.8. The van der Waals surface area contributed by atoms with Crippen molar-refractivity contribution in [2.75, 3.05) is 26.3 Å². The molecule has 15 heavy (non-hydrogen) atoms. The molecule has 0 spiro atoms. The average Bonchev–Trinajstić information content (AvgIpc) is 2.26. The van der Waals surface area contributed by atoms with Gasteiger partial charge in [0.1, 0.15) is 0 Å². The van der Waals surface area contributed by atoms with Gasteiger partial charge in [0.15, 0.2) is 0 Å². The maximum Gasteiger partial charge on any atom is 0.0428 e. The van der Waals surface area contributed by atoms with Crippen LogP contribution in [0, 0.1) is 6.92 Å². The van der Waals surface area contributed by atoms with Crippen LogP contribution in [0.5, 0.6) is 0 Å². The van der Waals surface area contributed by atoms with E-state index >= 15 is 0 Å². The summed E-state index contributed by atoms with van der Waals surface area (Å²) in [6.07, 6.45) is 8.93. The quantitative estimate of drug-likeness (QED) is 0.342. The third-order valence-corrected chi connectivity index (χ3v) is 2.45. The van der Waals surface area contributed by atoms with Crippen LogP contribution in [0.2, 0.25) is 0 Å². The van der Waals surface area contributed by atoms with Crippen molar-refractivity contribution in [2.24, 2.45) is 5.73 Å². The van der Waals surface area contributed by atoms with Gasteiger partial charge in [-0.05, 0) is 32.5 Å². The number of nitrogens with two attached hydrogens (primary N) is 1. The first-order valence-electron chi connectivity index (χ1n) is 6.32. The number of unbranched alkanes of at least 4 members (excludes halogenated alkanes) is 5. The summed E-state index contributed by atoms with van der Waals surface area (Å²) in [7, 11) is 0. The summed E-state index contributed by atoms with van der Waals surface area (Å²) in [5.74, 6) is 0. The summed E-state index contributed by atoms with van der Waals surface area (Å²) in [6.45, 7) is 7.71. The molecule has 0 atom stereocenters. The van der Waals surface area contributed by atoms with Gasteiger partial charge in [0.2, 0.25) is 0 Å². The van der Waals surface area contributed by atoms with Crippen LogP contribution in [0.15, 0.2) is 0 Å². The Morgan fingerprint density at radius 1 is 0.733 bits per heavy atom. The minimum absolute atomic E-state index is 0.590. The normalized spacial score (nSPS) is 10.8. The highest BCUT2D eigenvalue weighted by Crippen LogP contribution is 2.03. The van der Waals surface area contributed by atoms with Gasteiger partial charge in [0.05, 0.1) is 0 Å². The first-order valence-corrected chi connectivity index (χ1v) is 6.32. The maximum atomic E-state index is 5.31. The monoisotopic (exact) mass is 214 g/mol. The zero-order valence-electron chi connectivity index (χ0n) is 10.1. The van der Waals surface area contributed by atoms with Crippen molar-refractivity contribution in [2.45, 2.75) is 44.9 Å². The Morgan fingerprint density at radius 2 is 1.33 bits per heavy atom. The van der Waals surface area contributed by atoms with E-state index in [-0.39, 0.29) is 0 Å². The number of rotatable bonds is 12. The minimum Gasteiger partial charge on any atom is -0.318 e. The topological polar surface area (TPSA) is 50.1 Å². The van der Waals surface area contributed by atoms with Gasteiger partial charge in [-0.3, -0.25) is 0 Å². The van der Waals surface area contributed by atoms with Crippen LogP contribution in [0.4, 0.5) is 0 Å². The lowest BCUT2D eigenvalue weighted by Gasteiger charge is -2.05. The van der Waals surface area contributed by atoms with E-state index in [0.29, 0.717) is 6.67 Å². The van der Waals surface area contributed by atoms with Crippen LogP contribution in [0.1, 0.15) is 44.9 Å². The van der Waals surface area contributed by atoms with Crippen LogP contribution >= 0.6 is 0 Å². The second-order valence-electron chi connectivity index (χ2n) is 3.93. The molecule has 0 aliphatic rings. The van der Waals surface area contributed by atoms with Gasteiger partial charge in [-0.2, -0.15) is 0 Å². The van der Waals surface area contributed by atoms with Gasteiger partial charge < -0.3 is 16.4 Å². The third kappa shape index (κ3) is 13.9. The van der Waals surface area contributed by atoms with Gasteiger partial charge in [0, 0.05) is 6.67 Å². The Hall–Kier alpha value is -0.120. The van der Waals surface area contributed by atoms with Crippen molar-refractivity contribution in [3.05, 3.63) is 6.92 Å². The highest BCUT2D eigenvalue weighted by Gasteiger charge is 1.90. The van der Waals surface area contributed by atoms with Crippen molar-refractivity contribution < 1.29 is 0 Å². The lowest BCUT2D eigenvalue weighted by Crippen LogP contribution is -2.26. The van der Waals surface area contributed by atoms with Crippen LogP contribution in [0.3, 0.4) is 0 Å². The van der Waals surface area contributed by atoms with Crippen LogP contribution in [-0.4, -0.2) is 26.3 Å². The fourth-order valence-electron chi connectivity index (χ4n) is 1.52. The smallest absolute Gasteiger partial charge is 0.0428 e. The SMILES string of the molecule is [CH2]CCCCCCCNCCCNCN. The molecule has 0 amide bonds. The van der Waals surface area contributed by atoms with Crippen molar-refractivity contribution in [3.63, 3.8) is 0 Å². The van der Waals surface area contributed by atoms with Gasteiger partial charge in [-0.25, -0.2) is 0 Å². The summed E-state index contributed by atoms with van der Waals surface area (Å²) >= 11 is 0. The standard InChI is InChI=1S/C12H28N3/c1-2-3-4-5-6-7-9-14-10-8-11-15-12-13/h14-15H,1-13H2. The Bertz CT molecular complexity index is 95.0. The summed E-state index contributed by atoms with van der Waals surface area (Å²) in [5.41, 5.74) is 5.31. The molecule has 0 saturated heterocycles. The first kappa shape index (κ1) is 14.9. The number of hydrogen-bond acceptors (Lipinski definition) is 3. The molecule has 4 N–H and O–H groups in total. The van der Waals surface area contributed by atoms with E-state index in [2.05, 4.69) is 17.6 Å². The third-order valence-electron chi connectivity index (χ3n) is 2.45. The molecule has 0 aliphatic carbocycles. The lowest BCUT2D eigenvalue weighted by molar-refractivity contribution is 0.557. The van der Waals surface area contributed by atoms with E-state index in [1.807, 2.05) is 0 Å². The van der Waals surface area contributed by atoms with Gasteiger partial charge in [-0.1, -0.05) is 39.0 Å². The molecular formula is C12H28N3. The van der Waals surface area contributed by atoms with E-state index in [0.717, 1.165) is 26.1 Å². The van der Waals surface area contributed by atoms with Crippen molar-refractivity contribution in [3.8, 4) is 0 Å². The molecule has 0 heterocycles. The summed E-state index contributed by atoms with van der Waals surface area (Å²) < 4.78 is 0. The van der Waals surface area contributed by atoms with Crippen molar-refractivity contribution >= 4 is 0 Å². The highest BCUT2D eigenvalue weighted by molar-refractivity contribution is 4.52. The predicted molar refractivity (Wildman–Crippen MR) is 67.6 cm³/mol. The van der Waals surface area contributed by atoms with E-state index in [1.54, 1.807) is 0 Å². The summed E-state index contributed by atoms with van der Waals surface area (Å²) in [4.78, 5) is 0. The number of nitrogens with one attached hydrogen (secondary N) is 2. The Morgan fingerprint density at radius 3 is 2.07 bits per heavy atom. The van der Waals surface area contributed by atoms with E-state index in [4.69, 9.17) is 5.73 Å². The largest absolute Gasteiger partial charge is 0.318 e. The zero-order valence-corrected chi connectivity index (χ0v) is 10.1. The second-order valence-corrected chi connectivity index (χ2v) is 3.93. The lowest BCUT2D eigenvalue weighted by atomic mass is 10.1. The Labute approximate surface area is 95.2 Å². The van der Waals surface area contributed by atoms with E-state index in [1.165, 1.54) is 38.5 Å². The van der Waals surface area contributed by atoms with Gasteiger partial charge in [-0.15, -0.1) is 0 Å². The molecule has 0 saturated carbocycles. The van der Waals surface area contributed by atoms with E-state index < -0.39 is 0 Å². The van der Waals surface area contributed by atoms with Crippen LogP contribution in [0.25, 0.3) is 0 Å². The molecule has 0 unspecified atom stereocenters. The Balaban J connectivity index is 2.81. The molecule has 0 aromatic carbocycles. The molecule has 3 nitrogen and oxygen atoms in total. The second kappa shape index (κ2) is 13.9. The van der Waals surface area contributed by atoms with Gasteiger partial charge >= 0.3 is 0 Å². The highest BCUT2D eigenvalue weighted by atomic mass is 15.0. The van der Waals surface area contributed by atoms with Crippen molar-refractivity contribution in [1.82, 2.24) is 10.6 Å². The summed E-state index contributed by atoms with van der Waals surface area (Å²) in [6, 6.07) is 0. The van der Waals surface area contributed by atoms with E-state index in [9.17, 15) is 0 Å². The molecule has 0 aromatic rings. The molecule has 0 bridgehead atoms. The molecule has 0 aromatic heterocycles. The van der Waals surface area contributed by atoms with Crippen molar-refractivity contribution in [1.29, 1.82) is 0 Å². The molecule has 91 valence electrons. The molecule has 3 heteroatoms. The fraction of sp³-hybridized carbons (Fsp3) is 0.917.